The van der Waals surface area contributed by atoms with Crippen molar-refractivity contribution >= 4 is 5.91 Å². The Balaban J connectivity index is 2.55. The van der Waals surface area contributed by atoms with E-state index in [1.54, 1.807) is 0 Å². The molecule has 5 heteroatoms. The fraction of sp³-hybridized carbons (Fsp3) is 0. The van der Waals surface area contributed by atoms with Crippen molar-refractivity contribution in [2.24, 2.45) is 5.73 Å². The van der Waals surface area contributed by atoms with Gasteiger partial charge in [-0.3, -0.25) is 9.78 Å². The number of amides is 1. The quantitative estimate of drug-likeness (QED) is 0.827. The molecule has 0 aliphatic carbocycles. The molecule has 0 aliphatic heterocycles. The Kier molecular flexibility index (Phi) is 2.74. The Morgan fingerprint density at radius 2 is 2.06 bits per heavy atom. The summed E-state index contributed by atoms with van der Waals surface area (Å²) < 4.78 is 13.4. The second kappa shape index (κ2) is 4.21. The highest BCUT2D eigenvalue weighted by atomic mass is 19.1. The van der Waals surface area contributed by atoms with Crippen molar-refractivity contribution in [2.75, 3.05) is 0 Å². The normalized spacial score (nSPS) is 10.2. The maximum absolute atomic E-state index is 13.4. The second-order valence-corrected chi connectivity index (χ2v) is 3.45. The van der Waals surface area contributed by atoms with Crippen LogP contribution in [0.15, 0.2) is 36.7 Å². The topological polar surface area (TPSA) is 76.2 Å². The molecule has 1 amide bonds. The Labute approximate surface area is 96.5 Å². The van der Waals surface area contributed by atoms with Crippen LogP contribution in [0.1, 0.15) is 10.4 Å². The van der Waals surface area contributed by atoms with Crippen molar-refractivity contribution < 1.29 is 14.3 Å². The Bertz CT molecular complexity index is 584. The minimum absolute atomic E-state index is 0.167. The van der Waals surface area contributed by atoms with E-state index in [1.165, 1.54) is 30.5 Å². The van der Waals surface area contributed by atoms with Gasteiger partial charge >= 0.3 is 0 Å². The number of nitrogens with zero attached hydrogens (tertiary/aromatic N) is 1. The Hall–Kier alpha value is -2.43. The van der Waals surface area contributed by atoms with Crippen LogP contribution in [0.4, 0.5) is 4.39 Å². The monoisotopic (exact) mass is 232 g/mol. The minimum atomic E-state index is -0.651. The zero-order chi connectivity index (χ0) is 12.4. The summed E-state index contributed by atoms with van der Waals surface area (Å²) in [6.45, 7) is 0. The summed E-state index contributed by atoms with van der Waals surface area (Å²) in [7, 11) is 0. The minimum Gasteiger partial charge on any atom is -0.507 e. The van der Waals surface area contributed by atoms with Crippen LogP contribution in [0.2, 0.25) is 0 Å². The van der Waals surface area contributed by atoms with E-state index in [0.717, 1.165) is 6.20 Å². The van der Waals surface area contributed by atoms with Crippen molar-refractivity contribution in [3.8, 4) is 16.9 Å². The fourth-order valence-electron chi connectivity index (χ4n) is 1.51. The smallest absolute Gasteiger partial charge is 0.248 e. The molecule has 1 aromatic carbocycles. The third kappa shape index (κ3) is 2.08. The summed E-state index contributed by atoms with van der Waals surface area (Å²) in [4.78, 5) is 14.5. The van der Waals surface area contributed by atoms with Gasteiger partial charge in [0.15, 0.2) is 0 Å². The van der Waals surface area contributed by atoms with Crippen LogP contribution < -0.4 is 5.73 Å². The number of carbonyl (C=O) groups is 1. The lowest BCUT2D eigenvalue weighted by Gasteiger charge is -2.06. The molecule has 0 radical (unpaired) electrons. The average molecular weight is 232 g/mol. The number of hydrogen-bond acceptors (Lipinski definition) is 3. The number of aromatic hydroxyl groups is 1. The van der Waals surface area contributed by atoms with Gasteiger partial charge in [-0.1, -0.05) is 0 Å². The molecule has 0 spiro atoms. The number of carbonyl (C=O) groups excluding carboxylic acids is 1. The van der Waals surface area contributed by atoms with Gasteiger partial charge in [-0.25, -0.2) is 4.39 Å². The number of phenols is 1. The number of aromatic nitrogens is 1. The third-order valence-electron chi connectivity index (χ3n) is 2.34. The summed E-state index contributed by atoms with van der Waals surface area (Å²) in [5.41, 5.74) is 5.74. The summed E-state index contributed by atoms with van der Waals surface area (Å²) >= 11 is 0. The van der Waals surface area contributed by atoms with E-state index in [2.05, 4.69) is 4.98 Å². The number of pyridine rings is 1. The molecule has 0 atom stereocenters. The summed E-state index contributed by atoms with van der Waals surface area (Å²) in [6, 6.07) is 5.51. The zero-order valence-electron chi connectivity index (χ0n) is 8.72. The fourth-order valence-corrected chi connectivity index (χ4v) is 1.51. The molecule has 17 heavy (non-hydrogen) atoms. The van der Waals surface area contributed by atoms with E-state index >= 15 is 0 Å². The van der Waals surface area contributed by atoms with Crippen molar-refractivity contribution in [1.29, 1.82) is 0 Å². The predicted octanol–water partition coefficient (Wildman–Crippen LogP) is 1.69. The highest BCUT2D eigenvalue weighted by molar-refractivity contribution is 5.94. The first kappa shape index (κ1) is 11.1. The number of hydrogen-bond donors (Lipinski definition) is 2. The number of phenolic OH excluding ortho intramolecular Hbond substituents is 1. The Morgan fingerprint density at radius 3 is 2.65 bits per heavy atom. The SMILES string of the molecule is NC(=O)c1ccc(-c2ccncc2F)c(O)c1. The summed E-state index contributed by atoms with van der Waals surface area (Å²) in [6.07, 6.45) is 2.47. The van der Waals surface area contributed by atoms with Gasteiger partial charge in [-0.15, -0.1) is 0 Å². The number of benzene rings is 1. The third-order valence-corrected chi connectivity index (χ3v) is 2.34. The van der Waals surface area contributed by atoms with Gasteiger partial charge in [0.2, 0.25) is 5.91 Å². The van der Waals surface area contributed by atoms with Crippen molar-refractivity contribution in [3.63, 3.8) is 0 Å². The van der Waals surface area contributed by atoms with Crippen LogP contribution in [0, 0.1) is 5.82 Å². The summed E-state index contributed by atoms with van der Waals surface area (Å²) in [5, 5.41) is 9.72. The molecule has 86 valence electrons. The highest BCUT2D eigenvalue weighted by Crippen LogP contribution is 2.31. The molecule has 0 saturated heterocycles. The molecule has 1 aromatic heterocycles. The maximum Gasteiger partial charge on any atom is 0.248 e. The molecule has 3 N–H and O–H groups in total. The molecule has 0 aliphatic rings. The molecule has 1 heterocycles. The van der Waals surface area contributed by atoms with Gasteiger partial charge in [0.25, 0.3) is 0 Å². The standard InChI is InChI=1S/C12H9FN2O2/c13-10-6-15-4-3-8(10)9-2-1-7(12(14)17)5-11(9)16/h1-6,16H,(H2,14,17). The van der Waals surface area contributed by atoms with E-state index in [0.29, 0.717) is 0 Å². The van der Waals surface area contributed by atoms with Gasteiger partial charge in [-0.2, -0.15) is 0 Å². The predicted molar refractivity (Wildman–Crippen MR) is 59.8 cm³/mol. The number of nitrogens with two attached hydrogens (primary N) is 1. The van der Waals surface area contributed by atoms with E-state index in [1.807, 2.05) is 0 Å². The first-order valence-electron chi connectivity index (χ1n) is 4.82. The van der Waals surface area contributed by atoms with E-state index < -0.39 is 11.7 Å². The van der Waals surface area contributed by atoms with Gasteiger partial charge in [0, 0.05) is 22.9 Å². The molecule has 4 nitrogen and oxygen atoms in total. The lowest BCUT2D eigenvalue weighted by atomic mass is 10.0. The highest BCUT2D eigenvalue weighted by Gasteiger charge is 2.11. The molecule has 0 unspecified atom stereocenters. The van der Waals surface area contributed by atoms with Crippen LogP contribution in [0.25, 0.3) is 11.1 Å². The van der Waals surface area contributed by atoms with Crippen molar-refractivity contribution in [3.05, 3.63) is 48.0 Å². The van der Waals surface area contributed by atoms with Crippen LogP contribution >= 0.6 is 0 Å². The number of halogens is 1. The van der Waals surface area contributed by atoms with Crippen LogP contribution in [0.3, 0.4) is 0 Å². The van der Waals surface area contributed by atoms with Crippen LogP contribution in [0.5, 0.6) is 5.75 Å². The maximum atomic E-state index is 13.4. The lowest BCUT2D eigenvalue weighted by Crippen LogP contribution is -2.10. The van der Waals surface area contributed by atoms with E-state index in [-0.39, 0.29) is 22.4 Å². The van der Waals surface area contributed by atoms with Gasteiger partial charge in [0.1, 0.15) is 11.6 Å². The summed E-state index contributed by atoms with van der Waals surface area (Å²) in [5.74, 6) is -1.40. The lowest BCUT2D eigenvalue weighted by molar-refractivity contribution is 0.1000. The average Bonchev–Trinajstić information content (AvgIpc) is 2.30. The zero-order valence-corrected chi connectivity index (χ0v) is 8.72. The molecular weight excluding hydrogens is 223 g/mol. The number of primary amides is 1. The molecule has 0 fully saturated rings. The van der Waals surface area contributed by atoms with Crippen LogP contribution in [-0.2, 0) is 0 Å². The van der Waals surface area contributed by atoms with Crippen LogP contribution in [-0.4, -0.2) is 16.0 Å². The van der Waals surface area contributed by atoms with E-state index in [4.69, 9.17) is 5.73 Å². The van der Waals surface area contributed by atoms with Gasteiger partial charge < -0.3 is 10.8 Å². The largest absolute Gasteiger partial charge is 0.507 e. The Morgan fingerprint density at radius 1 is 1.29 bits per heavy atom. The number of rotatable bonds is 2. The van der Waals surface area contributed by atoms with Gasteiger partial charge in [0.05, 0.1) is 6.20 Å². The molecule has 2 aromatic rings. The molecule has 0 saturated carbocycles. The van der Waals surface area contributed by atoms with Crippen molar-refractivity contribution in [2.45, 2.75) is 0 Å². The first-order valence-corrected chi connectivity index (χ1v) is 4.82. The second-order valence-electron chi connectivity index (χ2n) is 3.45. The van der Waals surface area contributed by atoms with Crippen molar-refractivity contribution in [1.82, 2.24) is 4.98 Å². The molecular formula is C12H9FN2O2. The first-order chi connectivity index (χ1) is 8.09. The van der Waals surface area contributed by atoms with Gasteiger partial charge in [-0.05, 0) is 24.3 Å². The molecule has 0 bridgehead atoms. The molecule has 2 rings (SSSR count). The van der Waals surface area contributed by atoms with E-state index in [9.17, 15) is 14.3 Å².